The minimum absolute atomic E-state index is 0.176. The molecule has 0 fully saturated rings. The van der Waals surface area contributed by atoms with E-state index in [-0.39, 0.29) is 24.1 Å². The molecule has 0 amide bonds. The molecule has 1 aromatic carbocycles. The van der Waals surface area contributed by atoms with Crippen LogP contribution in [0.5, 0.6) is 5.75 Å². The zero-order valence-electron chi connectivity index (χ0n) is 12.8. The first-order chi connectivity index (χ1) is 9.94. The number of methoxy groups -OCH3 is 1. The van der Waals surface area contributed by atoms with Crippen molar-refractivity contribution in [1.82, 2.24) is 4.72 Å². The van der Waals surface area contributed by atoms with Crippen LogP contribution in [0.2, 0.25) is 0 Å². The number of hydrogen-bond acceptors (Lipinski definition) is 5. The topological polar surface area (TPSA) is 90.7 Å². The van der Waals surface area contributed by atoms with Gasteiger partial charge >= 0.3 is 0 Å². The van der Waals surface area contributed by atoms with Crippen LogP contribution in [0.25, 0.3) is 0 Å². The zero-order valence-corrected chi connectivity index (χ0v) is 13.6. The maximum atomic E-state index is 12.2. The Morgan fingerprint density at radius 2 is 2.10 bits per heavy atom. The maximum Gasteiger partial charge on any atom is 0.240 e. The number of benzene rings is 1. The summed E-state index contributed by atoms with van der Waals surface area (Å²) in [5.41, 5.74) is 6.34. The minimum Gasteiger partial charge on any atom is -0.493 e. The molecule has 1 atom stereocenters. The average Bonchev–Trinajstić information content (AvgIpc) is 2.50. The maximum absolute atomic E-state index is 12.2. The number of hydrogen-bond donors (Lipinski definition) is 2. The summed E-state index contributed by atoms with van der Waals surface area (Å²) in [5.74, 6) is 0.628. The van der Waals surface area contributed by atoms with Gasteiger partial charge in [0, 0.05) is 25.8 Å². The first-order valence-electron chi connectivity index (χ1n) is 6.92. The number of ether oxygens (including phenoxy) is 2. The fraction of sp³-hybridized carbons (Fsp3) is 0.571. The Morgan fingerprint density at radius 3 is 2.67 bits per heavy atom. The first kappa shape index (κ1) is 17.9. The van der Waals surface area contributed by atoms with Gasteiger partial charge in [0.05, 0.1) is 17.6 Å². The first-order valence-corrected chi connectivity index (χ1v) is 8.41. The molecule has 0 radical (unpaired) electrons. The molecule has 0 bridgehead atoms. The van der Waals surface area contributed by atoms with Crippen molar-refractivity contribution in [1.29, 1.82) is 0 Å². The third kappa shape index (κ3) is 5.28. The van der Waals surface area contributed by atoms with Crippen molar-refractivity contribution in [3.63, 3.8) is 0 Å². The molecule has 1 rings (SSSR count). The highest BCUT2D eigenvalue weighted by molar-refractivity contribution is 7.89. The second-order valence-electron chi connectivity index (χ2n) is 4.72. The quantitative estimate of drug-likeness (QED) is 0.715. The van der Waals surface area contributed by atoms with E-state index in [4.69, 9.17) is 15.2 Å². The normalized spacial score (nSPS) is 13.1. The fourth-order valence-electron chi connectivity index (χ4n) is 1.63. The van der Waals surface area contributed by atoms with E-state index in [1.54, 1.807) is 19.1 Å². The third-order valence-electron chi connectivity index (χ3n) is 2.99. The van der Waals surface area contributed by atoms with Gasteiger partial charge in [-0.05, 0) is 31.5 Å². The molecule has 0 saturated carbocycles. The van der Waals surface area contributed by atoms with Crippen LogP contribution < -0.4 is 15.2 Å². The van der Waals surface area contributed by atoms with E-state index in [0.29, 0.717) is 17.9 Å². The Balaban J connectivity index is 2.92. The summed E-state index contributed by atoms with van der Waals surface area (Å²) in [4.78, 5) is 0.176. The van der Waals surface area contributed by atoms with Crippen molar-refractivity contribution in [3.05, 3.63) is 23.8 Å². The molecule has 21 heavy (non-hydrogen) atoms. The molecule has 1 aromatic rings. The van der Waals surface area contributed by atoms with Gasteiger partial charge in [-0.25, -0.2) is 13.1 Å². The molecule has 6 nitrogen and oxygen atoms in total. The van der Waals surface area contributed by atoms with Crippen molar-refractivity contribution < 1.29 is 17.9 Å². The summed E-state index contributed by atoms with van der Waals surface area (Å²) in [6.45, 7) is 4.79. The van der Waals surface area contributed by atoms with Crippen LogP contribution in [-0.4, -0.2) is 34.8 Å². The van der Waals surface area contributed by atoms with E-state index >= 15 is 0 Å². The summed E-state index contributed by atoms with van der Waals surface area (Å²) >= 11 is 0. The molecule has 0 saturated heterocycles. The second-order valence-corrected chi connectivity index (χ2v) is 6.49. The monoisotopic (exact) mass is 316 g/mol. The van der Waals surface area contributed by atoms with Crippen molar-refractivity contribution in [2.45, 2.75) is 37.8 Å². The van der Waals surface area contributed by atoms with Crippen molar-refractivity contribution in [2.75, 3.05) is 20.3 Å². The van der Waals surface area contributed by atoms with Gasteiger partial charge < -0.3 is 15.2 Å². The van der Waals surface area contributed by atoms with Gasteiger partial charge in [0.25, 0.3) is 0 Å². The van der Waals surface area contributed by atoms with Crippen LogP contribution >= 0.6 is 0 Å². The molecule has 0 aliphatic heterocycles. The lowest BCUT2D eigenvalue weighted by atomic mass is 10.2. The van der Waals surface area contributed by atoms with Gasteiger partial charge in [0.1, 0.15) is 5.75 Å². The Bertz CT molecular complexity index is 546. The summed E-state index contributed by atoms with van der Waals surface area (Å²) in [5, 5.41) is 0. The summed E-state index contributed by atoms with van der Waals surface area (Å²) in [7, 11) is -2.04. The molecule has 0 aromatic heterocycles. The number of rotatable bonds is 9. The number of sulfonamides is 1. The number of nitrogens with one attached hydrogen (secondary N) is 1. The van der Waals surface area contributed by atoms with Crippen LogP contribution in [-0.2, 0) is 21.3 Å². The molecular weight excluding hydrogens is 292 g/mol. The third-order valence-corrected chi connectivity index (χ3v) is 4.41. The van der Waals surface area contributed by atoms with Gasteiger partial charge in [-0.15, -0.1) is 0 Å². The molecule has 0 heterocycles. The van der Waals surface area contributed by atoms with Crippen LogP contribution in [0.15, 0.2) is 23.1 Å². The van der Waals surface area contributed by atoms with Crippen molar-refractivity contribution in [2.24, 2.45) is 5.73 Å². The second kappa shape index (κ2) is 8.33. The SMILES string of the molecule is CCCOc1ccc(S(=O)(=O)NCC(C)OC)cc1CN. The Labute approximate surface area is 126 Å². The predicted molar refractivity (Wildman–Crippen MR) is 81.8 cm³/mol. The fourth-order valence-corrected chi connectivity index (χ4v) is 2.79. The summed E-state index contributed by atoms with van der Waals surface area (Å²) in [6, 6.07) is 4.71. The van der Waals surface area contributed by atoms with Gasteiger partial charge in [0.2, 0.25) is 10.0 Å². The van der Waals surface area contributed by atoms with Crippen molar-refractivity contribution in [3.8, 4) is 5.75 Å². The van der Waals surface area contributed by atoms with Gasteiger partial charge in [-0.2, -0.15) is 0 Å². The molecule has 120 valence electrons. The molecule has 7 heteroatoms. The molecule has 0 aliphatic carbocycles. The highest BCUT2D eigenvalue weighted by Crippen LogP contribution is 2.22. The highest BCUT2D eigenvalue weighted by Gasteiger charge is 2.17. The lowest BCUT2D eigenvalue weighted by Gasteiger charge is -2.14. The standard InChI is InChI=1S/C14H24N2O4S/c1-4-7-20-14-6-5-13(8-12(14)9-15)21(17,18)16-10-11(2)19-3/h5-6,8,11,16H,4,7,9-10,15H2,1-3H3. The van der Waals surface area contributed by atoms with Gasteiger partial charge in [-0.1, -0.05) is 6.92 Å². The van der Waals surface area contributed by atoms with Crippen LogP contribution in [0.3, 0.4) is 0 Å². The molecular formula is C14H24N2O4S. The smallest absolute Gasteiger partial charge is 0.240 e. The van der Waals surface area contributed by atoms with Gasteiger partial charge in [-0.3, -0.25) is 0 Å². The van der Waals surface area contributed by atoms with Gasteiger partial charge in [0.15, 0.2) is 0 Å². The molecule has 1 unspecified atom stereocenters. The van der Waals surface area contributed by atoms with Crippen LogP contribution in [0.1, 0.15) is 25.8 Å². The highest BCUT2D eigenvalue weighted by atomic mass is 32.2. The Hall–Kier alpha value is -1.15. The Kier molecular flexibility index (Phi) is 7.10. The average molecular weight is 316 g/mol. The lowest BCUT2D eigenvalue weighted by molar-refractivity contribution is 0.122. The minimum atomic E-state index is -3.58. The van der Waals surface area contributed by atoms with E-state index in [2.05, 4.69) is 4.72 Å². The predicted octanol–water partition coefficient (Wildman–Crippen LogP) is 1.25. The lowest BCUT2D eigenvalue weighted by Crippen LogP contribution is -2.31. The Morgan fingerprint density at radius 1 is 1.38 bits per heavy atom. The van der Waals surface area contributed by atoms with Crippen LogP contribution in [0, 0.1) is 0 Å². The van der Waals surface area contributed by atoms with E-state index in [0.717, 1.165) is 6.42 Å². The van der Waals surface area contributed by atoms with Crippen LogP contribution in [0.4, 0.5) is 0 Å². The van der Waals surface area contributed by atoms with E-state index in [9.17, 15) is 8.42 Å². The zero-order chi connectivity index (χ0) is 15.9. The summed E-state index contributed by atoms with van der Waals surface area (Å²) in [6.07, 6.45) is 0.682. The number of nitrogens with two attached hydrogens (primary N) is 1. The van der Waals surface area contributed by atoms with E-state index in [1.807, 2.05) is 6.92 Å². The van der Waals surface area contributed by atoms with E-state index < -0.39 is 10.0 Å². The largest absolute Gasteiger partial charge is 0.493 e. The van der Waals surface area contributed by atoms with Crippen molar-refractivity contribution >= 4 is 10.0 Å². The summed E-state index contributed by atoms with van der Waals surface area (Å²) < 4.78 is 37.5. The molecule has 0 spiro atoms. The molecule has 3 N–H and O–H groups in total. The van der Waals surface area contributed by atoms with E-state index in [1.165, 1.54) is 13.2 Å². The molecule has 0 aliphatic rings.